The van der Waals surface area contributed by atoms with Crippen LogP contribution < -0.4 is 15.0 Å². The lowest BCUT2D eigenvalue weighted by Gasteiger charge is -2.29. The van der Waals surface area contributed by atoms with Gasteiger partial charge in [-0.2, -0.15) is 0 Å². The highest BCUT2D eigenvalue weighted by Gasteiger charge is 2.50. The van der Waals surface area contributed by atoms with Crippen LogP contribution in [-0.2, 0) is 16.0 Å². The molecule has 5 nitrogen and oxygen atoms in total. The molecular formula is C21H22N2O3. The number of methoxy groups -OCH3 is 1. The van der Waals surface area contributed by atoms with Gasteiger partial charge in [0.05, 0.1) is 24.6 Å². The highest BCUT2D eigenvalue weighted by Crippen LogP contribution is 2.43. The summed E-state index contributed by atoms with van der Waals surface area (Å²) in [5, 5.41) is 2.90. The molecule has 2 aromatic rings. The topological polar surface area (TPSA) is 58.6 Å². The number of aryl methyl sites for hydroxylation is 1. The van der Waals surface area contributed by atoms with E-state index in [1.54, 1.807) is 19.2 Å². The van der Waals surface area contributed by atoms with Crippen LogP contribution in [0.4, 0.5) is 11.4 Å². The van der Waals surface area contributed by atoms with Crippen molar-refractivity contribution in [3.8, 4) is 5.75 Å². The van der Waals surface area contributed by atoms with E-state index in [-0.39, 0.29) is 23.7 Å². The van der Waals surface area contributed by atoms with E-state index in [0.29, 0.717) is 17.9 Å². The normalized spacial score (nSPS) is 20.9. The monoisotopic (exact) mass is 350 g/mol. The Morgan fingerprint density at radius 1 is 1.08 bits per heavy atom. The Bertz CT molecular complexity index is 849. The average Bonchev–Trinajstić information content (AvgIpc) is 3.48. The van der Waals surface area contributed by atoms with Gasteiger partial charge in [0.25, 0.3) is 0 Å². The van der Waals surface area contributed by atoms with Gasteiger partial charge in [-0.3, -0.25) is 9.59 Å². The van der Waals surface area contributed by atoms with Crippen molar-refractivity contribution in [3.63, 3.8) is 0 Å². The molecule has 0 spiro atoms. The number of ether oxygens (including phenoxy) is 1. The number of amides is 2. The summed E-state index contributed by atoms with van der Waals surface area (Å²) in [6, 6.07) is 15.3. The summed E-state index contributed by atoms with van der Waals surface area (Å²) in [7, 11) is 1.57. The Labute approximate surface area is 153 Å². The van der Waals surface area contributed by atoms with E-state index in [0.717, 1.165) is 25.1 Å². The highest BCUT2D eigenvalue weighted by molar-refractivity contribution is 6.05. The first-order valence-electron chi connectivity index (χ1n) is 9.02. The first-order chi connectivity index (χ1) is 12.7. The number of rotatable bonds is 4. The van der Waals surface area contributed by atoms with Crippen LogP contribution in [0, 0.1) is 11.8 Å². The predicted octanol–water partition coefficient (Wildman–Crippen LogP) is 3.25. The van der Waals surface area contributed by atoms with Crippen LogP contribution in [0.3, 0.4) is 0 Å². The minimum absolute atomic E-state index is 0.0670. The Kier molecular flexibility index (Phi) is 4.37. The first-order valence-corrected chi connectivity index (χ1v) is 9.02. The van der Waals surface area contributed by atoms with Crippen LogP contribution in [0.1, 0.15) is 18.4 Å². The summed E-state index contributed by atoms with van der Waals surface area (Å²) in [5.74, 6) is 0.0853. The summed E-state index contributed by atoms with van der Waals surface area (Å²) in [4.78, 5) is 27.3. The minimum atomic E-state index is -0.262. The molecule has 1 saturated carbocycles. The molecule has 2 unspecified atom stereocenters. The largest absolute Gasteiger partial charge is 0.495 e. The SMILES string of the molecule is COc1ccccc1NC(=O)C1CC1C(=O)N1CCCc2ccccc21. The zero-order valence-corrected chi connectivity index (χ0v) is 14.8. The van der Waals surface area contributed by atoms with Gasteiger partial charge in [0.15, 0.2) is 0 Å². The number of fused-ring (bicyclic) bond motifs is 1. The fraction of sp³-hybridized carbons (Fsp3) is 0.333. The number of carbonyl (C=O) groups is 2. The lowest BCUT2D eigenvalue weighted by Crippen LogP contribution is -2.37. The van der Waals surface area contributed by atoms with Crippen molar-refractivity contribution >= 4 is 23.2 Å². The van der Waals surface area contributed by atoms with E-state index in [1.165, 1.54) is 5.56 Å². The van der Waals surface area contributed by atoms with E-state index in [4.69, 9.17) is 4.74 Å². The van der Waals surface area contributed by atoms with Crippen LogP contribution in [-0.4, -0.2) is 25.5 Å². The van der Waals surface area contributed by atoms with E-state index >= 15 is 0 Å². The molecule has 2 amide bonds. The zero-order valence-electron chi connectivity index (χ0n) is 14.8. The van der Waals surface area contributed by atoms with Crippen molar-refractivity contribution in [2.45, 2.75) is 19.3 Å². The van der Waals surface area contributed by atoms with Crippen molar-refractivity contribution in [2.24, 2.45) is 11.8 Å². The van der Waals surface area contributed by atoms with Gasteiger partial charge in [-0.05, 0) is 43.0 Å². The molecule has 1 heterocycles. The second kappa shape index (κ2) is 6.83. The molecular weight excluding hydrogens is 328 g/mol. The van der Waals surface area contributed by atoms with Gasteiger partial charge in [0.1, 0.15) is 5.75 Å². The van der Waals surface area contributed by atoms with Crippen LogP contribution in [0.15, 0.2) is 48.5 Å². The molecule has 1 aliphatic carbocycles. The third-order valence-electron chi connectivity index (χ3n) is 5.19. The van der Waals surface area contributed by atoms with E-state index in [1.807, 2.05) is 35.2 Å². The molecule has 0 aromatic heterocycles. The fourth-order valence-electron chi connectivity index (χ4n) is 3.69. The average molecular weight is 350 g/mol. The Balaban J connectivity index is 1.44. The molecule has 2 aromatic carbocycles. The molecule has 2 aliphatic rings. The predicted molar refractivity (Wildman–Crippen MR) is 100 cm³/mol. The van der Waals surface area contributed by atoms with Crippen LogP contribution in [0.25, 0.3) is 0 Å². The quantitative estimate of drug-likeness (QED) is 0.921. The third-order valence-corrected chi connectivity index (χ3v) is 5.19. The molecule has 1 N–H and O–H groups in total. The van der Waals surface area contributed by atoms with Crippen molar-refractivity contribution in [1.82, 2.24) is 0 Å². The van der Waals surface area contributed by atoms with Gasteiger partial charge in [-0.1, -0.05) is 30.3 Å². The van der Waals surface area contributed by atoms with E-state index in [2.05, 4.69) is 11.4 Å². The van der Waals surface area contributed by atoms with Gasteiger partial charge < -0.3 is 15.0 Å². The smallest absolute Gasteiger partial charge is 0.230 e. The maximum absolute atomic E-state index is 12.9. The van der Waals surface area contributed by atoms with E-state index in [9.17, 15) is 9.59 Å². The summed E-state index contributed by atoms with van der Waals surface area (Å²) >= 11 is 0. The van der Waals surface area contributed by atoms with Gasteiger partial charge in [0, 0.05) is 12.2 Å². The number of hydrogen-bond acceptors (Lipinski definition) is 3. The minimum Gasteiger partial charge on any atom is -0.495 e. The zero-order chi connectivity index (χ0) is 18.1. The third kappa shape index (κ3) is 3.05. The van der Waals surface area contributed by atoms with Gasteiger partial charge in [0.2, 0.25) is 11.8 Å². The summed E-state index contributed by atoms with van der Waals surface area (Å²) in [6.07, 6.45) is 2.58. The molecule has 1 aliphatic heterocycles. The Morgan fingerprint density at radius 3 is 2.69 bits per heavy atom. The van der Waals surface area contributed by atoms with Crippen molar-refractivity contribution in [3.05, 3.63) is 54.1 Å². The molecule has 4 rings (SSSR count). The van der Waals surface area contributed by atoms with Crippen molar-refractivity contribution < 1.29 is 14.3 Å². The molecule has 1 fully saturated rings. The standard InChI is InChI=1S/C21H22N2O3/c1-26-19-11-5-3-9-17(19)22-20(24)15-13-16(15)21(25)23-12-6-8-14-7-2-4-10-18(14)23/h2-5,7,9-11,15-16H,6,8,12-13H2,1H3,(H,22,24). The second-order valence-electron chi connectivity index (χ2n) is 6.86. The number of hydrogen-bond donors (Lipinski definition) is 1. The molecule has 2 atom stereocenters. The van der Waals surface area contributed by atoms with Crippen LogP contribution in [0.5, 0.6) is 5.75 Å². The summed E-state index contributed by atoms with van der Waals surface area (Å²) in [5.41, 5.74) is 2.85. The van der Waals surface area contributed by atoms with Gasteiger partial charge >= 0.3 is 0 Å². The van der Waals surface area contributed by atoms with Crippen molar-refractivity contribution in [2.75, 3.05) is 23.9 Å². The lowest BCUT2D eigenvalue weighted by molar-refractivity contribution is -0.123. The summed E-state index contributed by atoms with van der Waals surface area (Å²) in [6.45, 7) is 0.729. The Hall–Kier alpha value is -2.82. The number of nitrogens with one attached hydrogen (secondary N) is 1. The summed E-state index contributed by atoms with van der Waals surface area (Å²) < 4.78 is 5.26. The fourth-order valence-corrected chi connectivity index (χ4v) is 3.69. The Morgan fingerprint density at radius 2 is 1.85 bits per heavy atom. The van der Waals surface area contributed by atoms with Gasteiger partial charge in [-0.15, -0.1) is 0 Å². The maximum atomic E-state index is 12.9. The number of anilines is 2. The molecule has 5 heteroatoms. The second-order valence-corrected chi connectivity index (χ2v) is 6.86. The number of nitrogens with zero attached hydrogens (tertiary/aromatic N) is 1. The van der Waals surface area contributed by atoms with Crippen LogP contribution in [0.2, 0.25) is 0 Å². The van der Waals surface area contributed by atoms with Crippen molar-refractivity contribution in [1.29, 1.82) is 0 Å². The maximum Gasteiger partial charge on any atom is 0.230 e. The molecule has 0 radical (unpaired) electrons. The molecule has 134 valence electrons. The molecule has 0 bridgehead atoms. The molecule has 0 saturated heterocycles. The molecule has 26 heavy (non-hydrogen) atoms. The number of carbonyl (C=O) groups excluding carboxylic acids is 2. The number of benzene rings is 2. The highest BCUT2D eigenvalue weighted by atomic mass is 16.5. The number of para-hydroxylation sites is 3. The van der Waals surface area contributed by atoms with Gasteiger partial charge in [-0.25, -0.2) is 0 Å². The first kappa shape index (κ1) is 16.6. The lowest BCUT2D eigenvalue weighted by atomic mass is 10.0. The van der Waals surface area contributed by atoms with Crippen LogP contribution >= 0.6 is 0 Å². The van der Waals surface area contributed by atoms with E-state index < -0.39 is 0 Å².